The number of benzene rings is 2. The van der Waals surface area contributed by atoms with E-state index in [1.165, 1.54) is 7.11 Å². The van der Waals surface area contributed by atoms with Crippen molar-refractivity contribution >= 4 is 40.4 Å². The monoisotopic (exact) mass is 339 g/mol. The number of carbonyl (C=O) groups excluding carboxylic acids is 1. The smallest absolute Gasteiger partial charge is 0.337 e. The molecule has 0 aliphatic heterocycles. The van der Waals surface area contributed by atoms with Crippen LogP contribution in [0.15, 0.2) is 59.8 Å². The highest BCUT2D eigenvalue weighted by molar-refractivity contribution is 6.31. The van der Waals surface area contributed by atoms with E-state index in [1.807, 2.05) is 18.2 Å². The van der Waals surface area contributed by atoms with E-state index in [0.29, 0.717) is 10.6 Å². The quantitative estimate of drug-likeness (QED) is 0.441. The fraction of sp³-hybridized carbons (Fsp3) is 0.0556. The van der Waals surface area contributed by atoms with E-state index in [9.17, 15) is 4.79 Å². The van der Waals surface area contributed by atoms with Crippen molar-refractivity contribution in [3.8, 4) is 0 Å². The first-order chi connectivity index (χ1) is 11.7. The minimum absolute atomic E-state index is 0.362. The number of aromatic nitrogens is 1. The maximum absolute atomic E-state index is 11.4. The predicted molar refractivity (Wildman–Crippen MR) is 95.8 cm³/mol. The predicted octanol–water partition coefficient (Wildman–Crippen LogP) is 4.12. The Morgan fingerprint density at radius 3 is 2.75 bits per heavy atom. The first kappa shape index (κ1) is 16.0. The van der Waals surface area contributed by atoms with Gasteiger partial charge in [0.25, 0.3) is 0 Å². The summed E-state index contributed by atoms with van der Waals surface area (Å²) in [6.07, 6.45) is 3.37. The molecule has 0 spiro atoms. The van der Waals surface area contributed by atoms with E-state index in [2.05, 4.69) is 20.2 Å². The molecule has 0 bridgehead atoms. The Balaban J connectivity index is 1.76. The first-order valence-electron chi connectivity index (χ1n) is 7.19. The van der Waals surface area contributed by atoms with Gasteiger partial charge >= 0.3 is 5.97 Å². The zero-order valence-corrected chi connectivity index (χ0v) is 13.6. The summed E-state index contributed by atoms with van der Waals surface area (Å²) in [5, 5.41) is 5.80. The average molecular weight is 340 g/mol. The van der Waals surface area contributed by atoms with Crippen molar-refractivity contribution < 1.29 is 9.53 Å². The largest absolute Gasteiger partial charge is 0.465 e. The van der Waals surface area contributed by atoms with Crippen molar-refractivity contribution in [3.63, 3.8) is 0 Å². The highest BCUT2D eigenvalue weighted by Crippen LogP contribution is 2.24. The van der Waals surface area contributed by atoms with Gasteiger partial charge in [-0.25, -0.2) is 4.79 Å². The lowest BCUT2D eigenvalue weighted by atomic mass is 10.1. The number of nitrogens with zero attached hydrogens (tertiary/aromatic N) is 2. The summed E-state index contributed by atoms with van der Waals surface area (Å²) in [5.41, 5.74) is 5.99. The third kappa shape index (κ3) is 3.52. The van der Waals surface area contributed by atoms with Crippen LogP contribution in [0.4, 0.5) is 5.69 Å². The molecule has 0 aliphatic carbocycles. The van der Waals surface area contributed by atoms with Gasteiger partial charge in [0, 0.05) is 16.6 Å². The molecule has 0 saturated carbocycles. The number of ether oxygens (including phenoxy) is 1. The standard InChI is InChI=1S/C18H14ClN3O2/c1-24-18(23)13-4-2-12(3-5-13)11-21-22-16-8-9-20-17-10-14(19)6-7-15(16)17/h2-11H,1H3,(H,20,22)/b21-11-. The van der Waals surface area contributed by atoms with Crippen LogP contribution in [0.3, 0.4) is 0 Å². The molecule has 0 amide bonds. The lowest BCUT2D eigenvalue weighted by Crippen LogP contribution is -2.00. The maximum atomic E-state index is 11.4. The Bertz CT molecular complexity index is 908. The minimum Gasteiger partial charge on any atom is -0.465 e. The topological polar surface area (TPSA) is 63.6 Å². The van der Waals surface area contributed by atoms with Gasteiger partial charge in [-0.3, -0.25) is 10.4 Å². The van der Waals surface area contributed by atoms with Crippen LogP contribution in [0.25, 0.3) is 10.9 Å². The number of methoxy groups -OCH3 is 1. The second kappa shape index (κ2) is 7.10. The SMILES string of the molecule is COC(=O)c1ccc(/C=N\Nc2ccnc3cc(Cl)ccc23)cc1. The number of anilines is 1. The van der Waals surface area contributed by atoms with Crippen LogP contribution in [0.5, 0.6) is 0 Å². The molecule has 1 heterocycles. The second-order valence-corrected chi connectivity index (χ2v) is 5.44. The summed E-state index contributed by atoms with van der Waals surface area (Å²) >= 11 is 5.98. The van der Waals surface area contributed by atoms with E-state index in [0.717, 1.165) is 22.2 Å². The molecule has 3 aromatic rings. The lowest BCUT2D eigenvalue weighted by molar-refractivity contribution is 0.0600. The number of esters is 1. The molecule has 1 N–H and O–H groups in total. The third-order valence-corrected chi connectivity index (χ3v) is 3.67. The van der Waals surface area contributed by atoms with Crippen molar-refractivity contribution in [2.45, 2.75) is 0 Å². The summed E-state index contributed by atoms with van der Waals surface area (Å²) in [5.74, 6) is -0.362. The van der Waals surface area contributed by atoms with Gasteiger partial charge in [-0.05, 0) is 42.0 Å². The molecule has 24 heavy (non-hydrogen) atoms. The normalized spacial score (nSPS) is 10.9. The van der Waals surface area contributed by atoms with Crippen molar-refractivity contribution in [1.82, 2.24) is 4.98 Å². The molecule has 0 atom stereocenters. The molecule has 0 saturated heterocycles. The highest BCUT2D eigenvalue weighted by Gasteiger charge is 2.04. The molecule has 0 unspecified atom stereocenters. The third-order valence-electron chi connectivity index (χ3n) is 3.44. The molecule has 0 aliphatic rings. The van der Waals surface area contributed by atoms with Crippen LogP contribution >= 0.6 is 11.6 Å². The number of hydrazone groups is 1. The summed E-state index contributed by atoms with van der Waals surface area (Å²) in [4.78, 5) is 15.7. The van der Waals surface area contributed by atoms with E-state index in [4.69, 9.17) is 11.6 Å². The molecule has 0 fully saturated rings. The van der Waals surface area contributed by atoms with Crippen molar-refractivity contribution in [3.05, 3.63) is 70.9 Å². The second-order valence-electron chi connectivity index (χ2n) is 5.00. The molecule has 0 radical (unpaired) electrons. The van der Waals surface area contributed by atoms with Crippen LogP contribution in [-0.4, -0.2) is 24.3 Å². The van der Waals surface area contributed by atoms with Gasteiger partial charge in [0.15, 0.2) is 0 Å². The van der Waals surface area contributed by atoms with Gasteiger partial charge in [0.2, 0.25) is 0 Å². The van der Waals surface area contributed by atoms with Gasteiger partial charge in [0.1, 0.15) is 0 Å². The molecular weight excluding hydrogens is 326 g/mol. The van der Waals surface area contributed by atoms with Crippen molar-refractivity contribution in [2.75, 3.05) is 12.5 Å². The summed E-state index contributed by atoms with van der Waals surface area (Å²) in [6, 6.07) is 14.3. The van der Waals surface area contributed by atoms with Crippen LogP contribution in [-0.2, 0) is 4.74 Å². The summed E-state index contributed by atoms with van der Waals surface area (Å²) < 4.78 is 4.66. The Hall–Kier alpha value is -2.92. The van der Waals surface area contributed by atoms with Crippen molar-refractivity contribution in [2.24, 2.45) is 5.10 Å². The molecule has 120 valence electrons. The number of hydrogen-bond donors (Lipinski definition) is 1. The fourth-order valence-corrected chi connectivity index (χ4v) is 2.38. The fourth-order valence-electron chi connectivity index (χ4n) is 2.22. The molecule has 5 nitrogen and oxygen atoms in total. The molecule has 1 aromatic heterocycles. The molecule has 6 heteroatoms. The number of rotatable bonds is 4. The number of hydrogen-bond acceptors (Lipinski definition) is 5. The maximum Gasteiger partial charge on any atom is 0.337 e. The summed E-state index contributed by atoms with van der Waals surface area (Å²) in [7, 11) is 1.36. The van der Waals surface area contributed by atoms with E-state index in [-0.39, 0.29) is 5.97 Å². The van der Waals surface area contributed by atoms with Gasteiger partial charge in [0.05, 0.1) is 30.1 Å². The van der Waals surface area contributed by atoms with Crippen LogP contribution in [0, 0.1) is 0 Å². The van der Waals surface area contributed by atoms with Crippen molar-refractivity contribution in [1.29, 1.82) is 0 Å². The Morgan fingerprint density at radius 2 is 2.00 bits per heavy atom. The number of carbonyl (C=O) groups is 1. The van der Waals surface area contributed by atoms with Gasteiger partial charge < -0.3 is 4.74 Å². The first-order valence-corrected chi connectivity index (χ1v) is 7.57. The van der Waals surface area contributed by atoms with Crippen LogP contribution in [0.1, 0.15) is 15.9 Å². The Morgan fingerprint density at radius 1 is 1.21 bits per heavy atom. The molecular formula is C18H14ClN3O2. The number of fused-ring (bicyclic) bond motifs is 1. The van der Waals surface area contributed by atoms with Gasteiger partial charge in [-0.2, -0.15) is 5.10 Å². The summed E-state index contributed by atoms with van der Waals surface area (Å²) in [6.45, 7) is 0. The lowest BCUT2D eigenvalue weighted by Gasteiger charge is -2.05. The van der Waals surface area contributed by atoms with E-state index in [1.54, 1.807) is 42.7 Å². The average Bonchev–Trinajstić information content (AvgIpc) is 2.61. The Labute approximate surface area is 143 Å². The zero-order valence-electron chi connectivity index (χ0n) is 12.9. The Kier molecular flexibility index (Phi) is 4.72. The number of halogens is 1. The number of nitrogens with one attached hydrogen (secondary N) is 1. The van der Waals surface area contributed by atoms with Gasteiger partial charge in [-0.15, -0.1) is 0 Å². The van der Waals surface area contributed by atoms with Gasteiger partial charge in [-0.1, -0.05) is 23.7 Å². The molecule has 2 aromatic carbocycles. The van der Waals surface area contributed by atoms with E-state index >= 15 is 0 Å². The van der Waals surface area contributed by atoms with Crippen LogP contribution < -0.4 is 5.43 Å². The zero-order chi connectivity index (χ0) is 16.9. The minimum atomic E-state index is -0.362. The molecule has 3 rings (SSSR count). The van der Waals surface area contributed by atoms with E-state index < -0.39 is 0 Å². The highest BCUT2D eigenvalue weighted by atomic mass is 35.5. The van der Waals surface area contributed by atoms with Crippen LogP contribution in [0.2, 0.25) is 5.02 Å². The number of pyridine rings is 1.